The molecule has 0 spiro atoms. The lowest BCUT2D eigenvalue weighted by atomic mass is 9.93. The van der Waals surface area contributed by atoms with Gasteiger partial charge in [0.2, 0.25) is 0 Å². The van der Waals surface area contributed by atoms with Gasteiger partial charge in [-0.25, -0.2) is 0 Å². The second-order valence-corrected chi connectivity index (χ2v) is 18.7. The summed E-state index contributed by atoms with van der Waals surface area (Å²) in [6, 6.07) is 88.1. The van der Waals surface area contributed by atoms with E-state index in [0.717, 1.165) is 45.3 Å². The fourth-order valence-corrected chi connectivity index (χ4v) is 11.8. The van der Waals surface area contributed by atoms with Gasteiger partial charge in [0.25, 0.3) is 0 Å². The van der Waals surface area contributed by atoms with Crippen molar-refractivity contribution in [2.24, 2.45) is 0 Å². The van der Waals surface area contributed by atoms with E-state index in [1.807, 2.05) is 17.8 Å². The van der Waals surface area contributed by atoms with Crippen LogP contribution in [0.4, 0.5) is 34.1 Å². The highest BCUT2D eigenvalue weighted by molar-refractivity contribution is 8.00. The molecule has 0 saturated carbocycles. The van der Waals surface area contributed by atoms with Gasteiger partial charge in [-0.2, -0.15) is 0 Å². The Kier molecular flexibility index (Phi) is 8.83. The third-order valence-corrected chi connectivity index (χ3v) is 15.0. The molecular formula is C64H40N2OS. The summed E-state index contributed by atoms with van der Waals surface area (Å²) in [6.07, 6.45) is 0. The van der Waals surface area contributed by atoms with E-state index in [2.05, 4.69) is 246 Å². The van der Waals surface area contributed by atoms with E-state index in [4.69, 9.17) is 4.74 Å². The molecule has 12 aromatic rings. The fraction of sp³-hybridized carbons (Fsp3) is 0. The van der Waals surface area contributed by atoms with Crippen molar-refractivity contribution in [3.8, 4) is 44.9 Å². The summed E-state index contributed by atoms with van der Waals surface area (Å²) in [4.78, 5) is 7.27. The highest BCUT2D eigenvalue weighted by Crippen LogP contribution is 2.56. The summed E-state index contributed by atoms with van der Waals surface area (Å²) >= 11 is 1.86. The molecule has 318 valence electrons. The Morgan fingerprint density at radius 1 is 0.294 bits per heavy atom. The second kappa shape index (κ2) is 15.5. The average molecular weight is 885 g/mol. The quantitative estimate of drug-likeness (QED) is 0.160. The van der Waals surface area contributed by atoms with Gasteiger partial charge in [0, 0.05) is 20.9 Å². The van der Waals surface area contributed by atoms with E-state index in [-0.39, 0.29) is 0 Å². The summed E-state index contributed by atoms with van der Waals surface area (Å²) in [5.41, 5.74) is 13.7. The van der Waals surface area contributed by atoms with Crippen LogP contribution in [0.1, 0.15) is 0 Å². The summed E-state index contributed by atoms with van der Waals surface area (Å²) < 4.78 is 6.79. The Bertz CT molecular complexity index is 4010. The molecule has 2 aliphatic rings. The van der Waals surface area contributed by atoms with Crippen molar-refractivity contribution < 1.29 is 4.74 Å². The zero-order chi connectivity index (χ0) is 44.7. The van der Waals surface area contributed by atoms with Gasteiger partial charge in [0.05, 0.1) is 28.4 Å². The number of benzene rings is 12. The van der Waals surface area contributed by atoms with Crippen LogP contribution in [-0.2, 0) is 0 Å². The van der Waals surface area contributed by atoms with Crippen LogP contribution in [0.2, 0.25) is 0 Å². The maximum Gasteiger partial charge on any atom is 0.152 e. The molecule has 68 heavy (non-hydrogen) atoms. The second-order valence-electron chi connectivity index (χ2n) is 17.7. The Balaban J connectivity index is 0.842. The Morgan fingerprint density at radius 2 is 0.897 bits per heavy atom. The minimum Gasteiger partial charge on any atom is -0.453 e. The van der Waals surface area contributed by atoms with E-state index in [0.29, 0.717) is 0 Å². The van der Waals surface area contributed by atoms with Crippen molar-refractivity contribution in [3.05, 3.63) is 243 Å². The molecule has 0 atom stereocenters. The van der Waals surface area contributed by atoms with Crippen molar-refractivity contribution in [1.29, 1.82) is 0 Å². The first kappa shape index (κ1) is 38.7. The van der Waals surface area contributed by atoms with E-state index in [1.165, 1.54) is 86.6 Å². The number of ether oxygens (including phenoxy) is 1. The van der Waals surface area contributed by atoms with Gasteiger partial charge in [0.15, 0.2) is 11.5 Å². The third kappa shape index (κ3) is 6.22. The maximum atomic E-state index is 6.79. The van der Waals surface area contributed by atoms with Crippen LogP contribution in [0.25, 0.3) is 76.5 Å². The molecule has 3 nitrogen and oxygen atoms in total. The van der Waals surface area contributed by atoms with Crippen molar-refractivity contribution in [1.82, 2.24) is 0 Å². The van der Waals surface area contributed by atoms with Gasteiger partial charge in [-0.1, -0.05) is 188 Å². The first-order chi connectivity index (χ1) is 33.7. The highest BCUT2D eigenvalue weighted by atomic mass is 32.2. The molecule has 0 aliphatic carbocycles. The minimum atomic E-state index is 0.818. The molecule has 0 amide bonds. The molecule has 0 N–H and O–H groups in total. The van der Waals surface area contributed by atoms with E-state index >= 15 is 0 Å². The predicted octanol–water partition coefficient (Wildman–Crippen LogP) is 18.8. The van der Waals surface area contributed by atoms with E-state index in [9.17, 15) is 0 Å². The number of fused-ring (bicyclic) bond motifs is 10. The van der Waals surface area contributed by atoms with Crippen LogP contribution >= 0.6 is 11.8 Å². The first-order valence-corrected chi connectivity index (χ1v) is 24.0. The van der Waals surface area contributed by atoms with Crippen molar-refractivity contribution in [2.45, 2.75) is 9.79 Å². The van der Waals surface area contributed by atoms with Crippen molar-refractivity contribution >= 4 is 89.0 Å². The van der Waals surface area contributed by atoms with Crippen LogP contribution in [0.3, 0.4) is 0 Å². The van der Waals surface area contributed by atoms with Crippen LogP contribution in [0, 0.1) is 0 Å². The average Bonchev–Trinajstić information content (AvgIpc) is 3.41. The van der Waals surface area contributed by atoms with E-state index in [1.54, 1.807) is 0 Å². The lowest BCUT2D eigenvalue weighted by Crippen LogP contribution is -2.16. The number of hydrogen-bond donors (Lipinski definition) is 0. The van der Waals surface area contributed by atoms with Gasteiger partial charge >= 0.3 is 0 Å². The molecule has 0 radical (unpaired) electrons. The van der Waals surface area contributed by atoms with Gasteiger partial charge in [0.1, 0.15) is 0 Å². The summed E-state index contributed by atoms with van der Waals surface area (Å²) in [5.74, 6) is 1.64. The van der Waals surface area contributed by atoms with E-state index < -0.39 is 0 Å². The predicted molar refractivity (Wildman–Crippen MR) is 286 cm³/mol. The SMILES string of the molecule is c1ccc(-c2cccc3c2ccc2cc(-c4cccc(N5c6ccccc6Oc6cc(-c7ccc8c(c7)Sc7c(ccc9ccccc79)N8c7cccc8ccccc78)ccc65)c4)ccc23)cc1. The molecule has 0 bridgehead atoms. The molecule has 2 heterocycles. The van der Waals surface area contributed by atoms with Crippen LogP contribution in [-0.4, -0.2) is 0 Å². The van der Waals surface area contributed by atoms with Crippen LogP contribution < -0.4 is 14.5 Å². The molecule has 0 unspecified atom stereocenters. The number of nitrogens with zero attached hydrogens (tertiary/aromatic N) is 2. The summed E-state index contributed by atoms with van der Waals surface area (Å²) in [5, 5.41) is 9.95. The monoisotopic (exact) mass is 884 g/mol. The fourth-order valence-electron chi connectivity index (χ4n) is 10.6. The highest BCUT2D eigenvalue weighted by Gasteiger charge is 2.30. The van der Waals surface area contributed by atoms with Crippen molar-refractivity contribution in [3.63, 3.8) is 0 Å². The Labute approximate surface area is 398 Å². The molecule has 0 aromatic heterocycles. The summed E-state index contributed by atoms with van der Waals surface area (Å²) in [6.45, 7) is 0. The number of para-hydroxylation sites is 2. The van der Waals surface area contributed by atoms with Crippen LogP contribution in [0.5, 0.6) is 11.5 Å². The standard InChI is InChI=1S/C64H40N2OS/c1-2-13-41(14-3-1)50-22-12-23-54-51-32-27-45(37-48(51)28-33-55(50)54)44-18-10-19-49(38-44)65-57-24-8-9-26-61(57)67-62-39-46(30-34-58(62)65)47-31-35-59-63(40-47)68-64-53-21-7-5-16-43(53)29-36-60(64)66(59)56-25-11-17-42-15-4-6-20-52(42)56/h1-40H. The maximum absolute atomic E-state index is 6.79. The lowest BCUT2D eigenvalue weighted by molar-refractivity contribution is 0.477. The smallest absolute Gasteiger partial charge is 0.152 e. The molecule has 2 aliphatic heterocycles. The van der Waals surface area contributed by atoms with Gasteiger partial charge in [-0.05, 0) is 138 Å². The number of anilines is 6. The van der Waals surface area contributed by atoms with Gasteiger partial charge < -0.3 is 14.5 Å². The zero-order valence-corrected chi connectivity index (χ0v) is 37.6. The number of hydrogen-bond acceptors (Lipinski definition) is 4. The normalized spacial score (nSPS) is 12.7. The minimum absolute atomic E-state index is 0.818. The first-order valence-electron chi connectivity index (χ1n) is 23.1. The van der Waals surface area contributed by atoms with Gasteiger partial charge in [-0.3, -0.25) is 0 Å². The Morgan fingerprint density at radius 3 is 1.81 bits per heavy atom. The van der Waals surface area contributed by atoms with Crippen molar-refractivity contribution in [2.75, 3.05) is 9.80 Å². The topological polar surface area (TPSA) is 15.7 Å². The molecule has 0 saturated heterocycles. The molecule has 14 rings (SSSR count). The third-order valence-electron chi connectivity index (χ3n) is 13.8. The molecule has 0 fully saturated rings. The van der Waals surface area contributed by atoms with Gasteiger partial charge in [-0.15, -0.1) is 0 Å². The summed E-state index contributed by atoms with van der Waals surface area (Å²) in [7, 11) is 0. The molecule has 4 heteroatoms. The largest absolute Gasteiger partial charge is 0.453 e. The molecular weight excluding hydrogens is 845 g/mol. The molecule has 12 aromatic carbocycles. The Hall–Kier alpha value is -8.57. The lowest BCUT2D eigenvalue weighted by Gasteiger charge is -2.35. The van der Waals surface area contributed by atoms with Crippen LogP contribution in [0.15, 0.2) is 252 Å². The number of rotatable bonds is 5. The zero-order valence-electron chi connectivity index (χ0n) is 36.8.